The zero-order chi connectivity index (χ0) is 47.4. The van der Waals surface area contributed by atoms with Gasteiger partial charge < -0.3 is 45.1 Å². The van der Waals surface area contributed by atoms with Gasteiger partial charge in [0.15, 0.2) is 6.29 Å². The second-order valence-electron chi connectivity index (χ2n) is 18.2. The average molecular weight is 920 g/mol. The van der Waals surface area contributed by atoms with Gasteiger partial charge in [0.25, 0.3) is 0 Å². The molecule has 1 aliphatic rings. The number of nitrogens with one attached hydrogen (secondary N) is 1. The van der Waals surface area contributed by atoms with Crippen LogP contribution in [-0.2, 0) is 23.8 Å². The monoisotopic (exact) mass is 920 g/mol. The van der Waals surface area contributed by atoms with Gasteiger partial charge in [0, 0.05) is 12.8 Å². The summed E-state index contributed by atoms with van der Waals surface area (Å²) >= 11 is 0. The van der Waals surface area contributed by atoms with Crippen molar-refractivity contribution in [1.29, 1.82) is 0 Å². The SMILES string of the molecule is CCCCC/C=C/CC/C=C/C(O)C(COC1OC(CO)C(O)C(O)C1O)NC(=O)CCCCCCC/C=C\CCCCCOC(=O)CCCCCCC/C=C\CCCCCCCCC. The maximum atomic E-state index is 12.9. The predicted molar refractivity (Wildman–Crippen MR) is 264 cm³/mol. The van der Waals surface area contributed by atoms with Gasteiger partial charge in [-0.2, -0.15) is 0 Å². The van der Waals surface area contributed by atoms with Gasteiger partial charge in [-0.25, -0.2) is 0 Å². The molecule has 0 aromatic heterocycles. The Kier molecular flexibility index (Phi) is 41.2. The molecule has 1 amide bonds. The van der Waals surface area contributed by atoms with E-state index in [1.54, 1.807) is 6.08 Å². The first-order valence-electron chi connectivity index (χ1n) is 26.4. The van der Waals surface area contributed by atoms with Crippen LogP contribution in [0.1, 0.15) is 219 Å². The number of rotatable bonds is 44. The van der Waals surface area contributed by atoms with Crippen molar-refractivity contribution in [3.05, 3.63) is 48.6 Å². The molecule has 0 spiro atoms. The van der Waals surface area contributed by atoms with Crippen molar-refractivity contribution in [2.75, 3.05) is 19.8 Å². The fraction of sp³-hybridized carbons (Fsp3) is 0.815. The van der Waals surface area contributed by atoms with Gasteiger partial charge in [-0.1, -0.05) is 152 Å². The normalized spacial score (nSPS) is 20.1. The van der Waals surface area contributed by atoms with Gasteiger partial charge in [0.2, 0.25) is 5.91 Å². The van der Waals surface area contributed by atoms with Gasteiger partial charge in [0.05, 0.1) is 32.0 Å². The smallest absolute Gasteiger partial charge is 0.305 e. The Balaban J connectivity index is 2.14. The summed E-state index contributed by atoms with van der Waals surface area (Å²) in [5.41, 5.74) is 0. The van der Waals surface area contributed by atoms with Crippen LogP contribution in [0.25, 0.3) is 0 Å². The van der Waals surface area contributed by atoms with Crippen LogP contribution in [0.5, 0.6) is 0 Å². The van der Waals surface area contributed by atoms with E-state index < -0.39 is 49.5 Å². The van der Waals surface area contributed by atoms with Crippen LogP contribution >= 0.6 is 0 Å². The van der Waals surface area contributed by atoms with Crippen molar-refractivity contribution in [3.63, 3.8) is 0 Å². The molecule has 6 N–H and O–H groups in total. The lowest BCUT2D eigenvalue weighted by Crippen LogP contribution is -2.60. The highest BCUT2D eigenvalue weighted by Crippen LogP contribution is 2.22. The zero-order valence-electron chi connectivity index (χ0n) is 41.2. The lowest BCUT2D eigenvalue weighted by Gasteiger charge is -2.40. The van der Waals surface area contributed by atoms with Gasteiger partial charge in [-0.3, -0.25) is 9.59 Å². The molecule has 0 saturated carbocycles. The van der Waals surface area contributed by atoms with Crippen LogP contribution < -0.4 is 5.32 Å². The molecule has 378 valence electrons. The summed E-state index contributed by atoms with van der Waals surface area (Å²) in [7, 11) is 0. The van der Waals surface area contributed by atoms with E-state index in [2.05, 4.69) is 55.6 Å². The molecule has 0 bridgehead atoms. The molecule has 0 aromatic rings. The van der Waals surface area contributed by atoms with Gasteiger partial charge >= 0.3 is 5.97 Å². The minimum absolute atomic E-state index is 0.0566. The van der Waals surface area contributed by atoms with Gasteiger partial charge in [-0.05, 0) is 103 Å². The molecule has 1 saturated heterocycles. The summed E-state index contributed by atoms with van der Waals surface area (Å²) in [5.74, 6) is -0.279. The average Bonchev–Trinajstić information content (AvgIpc) is 3.30. The third kappa shape index (κ3) is 34.6. The number of amides is 1. The van der Waals surface area contributed by atoms with Crippen molar-refractivity contribution in [2.45, 2.75) is 262 Å². The largest absolute Gasteiger partial charge is 0.466 e. The number of esters is 1. The highest BCUT2D eigenvalue weighted by molar-refractivity contribution is 5.76. The minimum Gasteiger partial charge on any atom is -0.466 e. The summed E-state index contributed by atoms with van der Waals surface area (Å²) in [4.78, 5) is 25.0. The maximum Gasteiger partial charge on any atom is 0.305 e. The summed E-state index contributed by atoms with van der Waals surface area (Å²) < 4.78 is 16.6. The lowest BCUT2D eigenvalue weighted by atomic mass is 9.99. The van der Waals surface area contributed by atoms with E-state index in [1.807, 2.05) is 6.08 Å². The highest BCUT2D eigenvalue weighted by atomic mass is 16.7. The summed E-state index contributed by atoms with van der Waals surface area (Å²) in [5, 5.41) is 54.0. The lowest BCUT2D eigenvalue weighted by molar-refractivity contribution is -0.302. The second-order valence-corrected chi connectivity index (χ2v) is 18.2. The number of allylic oxidation sites excluding steroid dienone is 7. The minimum atomic E-state index is -1.59. The molecule has 11 nitrogen and oxygen atoms in total. The van der Waals surface area contributed by atoms with Crippen molar-refractivity contribution in [2.24, 2.45) is 0 Å². The molecule has 0 radical (unpaired) electrons. The molecule has 1 rings (SSSR count). The topological polar surface area (TPSA) is 175 Å². The molecular weight excluding hydrogens is 823 g/mol. The molecule has 7 unspecified atom stereocenters. The Morgan fingerprint density at radius 1 is 0.554 bits per heavy atom. The Morgan fingerprint density at radius 2 is 1.00 bits per heavy atom. The Morgan fingerprint density at radius 3 is 1.55 bits per heavy atom. The number of unbranched alkanes of at least 4 members (excludes halogenated alkanes) is 24. The fourth-order valence-electron chi connectivity index (χ4n) is 7.85. The Hall–Kier alpha value is -2.38. The second kappa shape index (κ2) is 44.1. The standard InChI is InChI=1S/C54H97NO10/c1-3-5-7-9-11-13-14-15-16-17-18-22-26-30-34-38-42-50(59)63-43-39-35-31-27-23-20-19-21-25-29-33-37-41-49(58)55-46(47(57)40-36-32-28-24-12-10-8-6-4-2)45-64-54-53(62)52(61)51(60)48(44-56)65-54/h12,16-17,20,23-24,36,40,46-48,51-54,56-57,60-62H,3-11,13-15,18-19,21-22,25-35,37-39,41-45H2,1-2H3,(H,55,58)/b17-16-,23-20-,24-12+,40-36+. The Bertz CT molecular complexity index is 1220. The number of hydrogen-bond acceptors (Lipinski definition) is 10. The molecule has 1 aliphatic heterocycles. The maximum absolute atomic E-state index is 12.9. The summed E-state index contributed by atoms with van der Waals surface area (Å²) in [6, 6.07) is -0.845. The van der Waals surface area contributed by atoms with E-state index in [1.165, 1.54) is 96.3 Å². The first kappa shape index (κ1) is 60.6. The molecular formula is C54H97NO10. The van der Waals surface area contributed by atoms with Crippen molar-refractivity contribution in [1.82, 2.24) is 5.32 Å². The summed E-state index contributed by atoms with van der Waals surface area (Å²) in [6.45, 7) is 4.16. The van der Waals surface area contributed by atoms with Gasteiger partial charge in [-0.15, -0.1) is 0 Å². The number of carbonyl (C=O) groups is 2. The number of aliphatic hydroxyl groups is 5. The number of hydrogen-bond donors (Lipinski definition) is 6. The third-order valence-electron chi connectivity index (χ3n) is 12.1. The molecule has 0 aliphatic carbocycles. The first-order valence-corrected chi connectivity index (χ1v) is 26.4. The van der Waals surface area contributed by atoms with E-state index in [9.17, 15) is 35.1 Å². The van der Waals surface area contributed by atoms with E-state index in [4.69, 9.17) is 14.2 Å². The number of aliphatic hydroxyl groups excluding tert-OH is 5. The van der Waals surface area contributed by atoms with E-state index in [0.29, 0.717) is 25.9 Å². The zero-order valence-corrected chi connectivity index (χ0v) is 41.2. The van der Waals surface area contributed by atoms with E-state index in [0.717, 1.165) is 89.9 Å². The van der Waals surface area contributed by atoms with Crippen molar-refractivity contribution < 1.29 is 49.3 Å². The van der Waals surface area contributed by atoms with Crippen LogP contribution in [0.15, 0.2) is 48.6 Å². The molecule has 7 atom stereocenters. The van der Waals surface area contributed by atoms with Crippen molar-refractivity contribution >= 4 is 11.9 Å². The van der Waals surface area contributed by atoms with E-state index in [-0.39, 0.29) is 18.5 Å². The van der Waals surface area contributed by atoms with Gasteiger partial charge in [0.1, 0.15) is 24.4 Å². The molecule has 1 fully saturated rings. The van der Waals surface area contributed by atoms with Crippen LogP contribution in [0.4, 0.5) is 0 Å². The number of ether oxygens (including phenoxy) is 3. The van der Waals surface area contributed by atoms with Crippen LogP contribution in [0, 0.1) is 0 Å². The van der Waals surface area contributed by atoms with Crippen LogP contribution in [-0.4, -0.2) is 100 Å². The summed E-state index contributed by atoms with van der Waals surface area (Å²) in [6.07, 6.45) is 43.5. The molecule has 0 aromatic carbocycles. The molecule has 11 heteroatoms. The van der Waals surface area contributed by atoms with E-state index >= 15 is 0 Å². The first-order chi connectivity index (χ1) is 31.7. The highest BCUT2D eigenvalue weighted by Gasteiger charge is 2.44. The molecule has 1 heterocycles. The number of carbonyl (C=O) groups excluding carboxylic acids is 2. The van der Waals surface area contributed by atoms with Crippen molar-refractivity contribution in [3.8, 4) is 0 Å². The quantitative estimate of drug-likeness (QED) is 0.0196. The Labute approximate surface area is 396 Å². The van der Waals surface area contributed by atoms with Crippen LogP contribution in [0.2, 0.25) is 0 Å². The fourth-order valence-corrected chi connectivity index (χ4v) is 7.85. The van der Waals surface area contributed by atoms with Crippen LogP contribution in [0.3, 0.4) is 0 Å². The molecule has 65 heavy (non-hydrogen) atoms. The predicted octanol–water partition coefficient (Wildman–Crippen LogP) is 10.9. The third-order valence-corrected chi connectivity index (χ3v) is 12.1.